The average Bonchev–Trinajstić information content (AvgIpc) is 2.45. The monoisotopic (exact) mass is 294 g/mol. The molecule has 0 spiro atoms. The second-order valence-electron chi connectivity index (χ2n) is 5.80. The highest BCUT2D eigenvalue weighted by atomic mass is 16.6. The fraction of sp³-hybridized carbons (Fsp3) is 0.643. The summed E-state index contributed by atoms with van der Waals surface area (Å²) in [5.41, 5.74) is 0.242. The predicted molar refractivity (Wildman–Crippen MR) is 78.1 cm³/mol. The van der Waals surface area contributed by atoms with Crippen molar-refractivity contribution in [1.29, 1.82) is 0 Å². The molecule has 2 rings (SSSR count). The van der Waals surface area contributed by atoms with Crippen LogP contribution in [-0.4, -0.2) is 48.0 Å². The SMILES string of the molecule is CC(C)(C)OC(=O)NCc1ccnc(N2CCOCC2)n1. The van der Waals surface area contributed by atoms with Crippen LogP contribution in [-0.2, 0) is 16.0 Å². The van der Waals surface area contributed by atoms with Crippen LogP contribution >= 0.6 is 0 Å². The van der Waals surface area contributed by atoms with Gasteiger partial charge in [0.1, 0.15) is 5.60 Å². The molecule has 7 nitrogen and oxygen atoms in total. The molecule has 1 fully saturated rings. The number of hydrogen-bond donors (Lipinski definition) is 1. The number of alkyl carbamates (subject to hydrolysis) is 1. The number of rotatable bonds is 3. The fourth-order valence-electron chi connectivity index (χ4n) is 1.88. The first-order valence-electron chi connectivity index (χ1n) is 7.05. The van der Waals surface area contributed by atoms with Crippen molar-refractivity contribution in [3.05, 3.63) is 18.0 Å². The van der Waals surface area contributed by atoms with Crippen molar-refractivity contribution in [3.63, 3.8) is 0 Å². The Hall–Kier alpha value is -1.89. The molecule has 1 N–H and O–H groups in total. The van der Waals surface area contributed by atoms with Crippen molar-refractivity contribution >= 4 is 12.0 Å². The van der Waals surface area contributed by atoms with Gasteiger partial charge in [0.05, 0.1) is 25.5 Å². The van der Waals surface area contributed by atoms with Crippen molar-refractivity contribution in [3.8, 4) is 0 Å². The Morgan fingerprint density at radius 3 is 2.81 bits per heavy atom. The second-order valence-corrected chi connectivity index (χ2v) is 5.80. The van der Waals surface area contributed by atoms with Crippen LogP contribution in [0.5, 0.6) is 0 Å². The first-order valence-corrected chi connectivity index (χ1v) is 7.05. The van der Waals surface area contributed by atoms with Crippen molar-refractivity contribution in [1.82, 2.24) is 15.3 Å². The summed E-state index contributed by atoms with van der Waals surface area (Å²) >= 11 is 0. The number of amides is 1. The molecule has 21 heavy (non-hydrogen) atoms. The molecule has 7 heteroatoms. The van der Waals surface area contributed by atoms with E-state index in [0.717, 1.165) is 18.8 Å². The lowest BCUT2D eigenvalue weighted by molar-refractivity contribution is 0.0523. The summed E-state index contributed by atoms with van der Waals surface area (Å²) in [4.78, 5) is 22.4. The van der Waals surface area contributed by atoms with Gasteiger partial charge in [-0.1, -0.05) is 0 Å². The van der Waals surface area contributed by atoms with E-state index >= 15 is 0 Å². The number of morpholine rings is 1. The van der Waals surface area contributed by atoms with Gasteiger partial charge in [0, 0.05) is 19.3 Å². The zero-order chi connectivity index (χ0) is 15.3. The lowest BCUT2D eigenvalue weighted by Gasteiger charge is -2.26. The topological polar surface area (TPSA) is 76.6 Å². The number of aromatic nitrogens is 2. The van der Waals surface area contributed by atoms with Crippen molar-refractivity contribution in [2.45, 2.75) is 32.9 Å². The van der Waals surface area contributed by atoms with Gasteiger partial charge in [-0.2, -0.15) is 0 Å². The summed E-state index contributed by atoms with van der Waals surface area (Å²) in [5.74, 6) is 0.668. The van der Waals surface area contributed by atoms with Gasteiger partial charge in [-0.15, -0.1) is 0 Å². The van der Waals surface area contributed by atoms with Crippen LogP contribution in [0.3, 0.4) is 0 Å². The van der Waals surface area contributed by atoms with E-state index in [1.54, 1.807) is 12.3 Å². The average molecular weight is 294 g/mol. The third-order valence-electron chi connectivity index (χ3n) is 2.81. The summed E-state index contributed by atoms with van der Waals surface area (Å²) in [6.07, 6.45) is 1.25. The summed E-state index contributed by atoms with van der Waals surface area (Å²) in [6, 6.07) is 1.78. The number of carbonyl (C=O) groups excluding carboxylic acids is 1. The number of nitrogens with zero attached hydrogens (tertiary/aromatic N) is 3. The molecule has 0 aliphatic carbocycles. The molecule has 116 valence electrons. The lowest BCUT2D eigenvalue weighted by atomic mass is 10.2. The van der Waals surface area contributed by atoms with Crippen molar-refractivity contribution in [2.75, 3.05) is 31.2 Å². The maximum absolute atomic E-state index is 11.6. The number of ether oxygens (including phenoxy) is 2. The molecule has 1 amide bonds. The molecule has 1 aromatic rings. The molecule has 0 saturated carbocycles. The van der Waals surface area contributed by atoms with Gasteiger partial charge in [-0.05, 0) is 26.8 Å². The molecule has 1 aromatic heterocycles. The van der Waals surface area contributed by atoms with E-state index in [4.69, 9.17) is 9.47 Å². The zero-order valence-electron chi connectivity index (χ0n) is 12.8. The van der Waals surface area contributed by atoms with Crippen LogP contribution in [0.15, 0.2) is 12.3 Å². The molecule has 0 unspecified atom stereocenters. The van der Waals surface area contributed by atoms with Gasteiger partial charge in [0.15, 0.2) is 0 Å². The standard InChI is InChI=1S/C14H22N4O3/c1-14(2,3)21-13(19)16-10-11-4-5-15-12(17-11)18-6-8-20-9-7-18/h4-5H,6-10H2,1-3H3,(H,16,19). The van der Waals surface area contributed by atoms with E-state index in [-0.39, 0.29) is 0 Å². The Morgan fingerprint density at radius 1 is 1.43 bits per heavy atom. The van der Waals surface area contributed by atoms with E-state index in [1.807, 2.05) is 20.8 Å². The number of carbonyl (C=O) groups is 1. The van der Waals surface area contributed by atoms with Gasteiger partial charge < -0.3 is 19.7 Å². The summed E-state index contributed by atoms with van der Waals surface area (Å²) < 4.78 is 10.5. The van der Waals surface area contributed by atoms with Gasteiger partial charge in [-0.25, -0.2) is 14.8 Å². The minimum absolute atomic E-state index is 0.314. The molecular formula is C14H22N4O3. The zero-order valence-corrected chi connectivity index (χ0v) is 12.8. The molecule has 0 bridgehead atoms. The molecule has 0 aromatic carbocycles. The second kappa shape index (κ2) is 6.71. The maximum atomic E-state index is 11.6. The van der Waals surface area contributed by atoms with E-state index in [1.165, 1.54) is 0 Å². The van der Waals surface area contributed by atoms with Crippen molar-refractivity contribution in [2.24, 2.45) is 0 Å². The first-order chi connectivity index (χ1) is 9.94. The third-order valence-corrected chi connectivity index (χ3v) is 2.81. The van der Waals surface area contributed by atoms with Gasteiger partial charge in [-0.3, -0.25) is 0 Å². The minimum atomic E-state index is -0.505. The fourth-order valence-corrected chi connectivity index (χ4v) is 1.88. The quantitative estimate of drug-likeness (QED) is 0.906. The summed E-state index contributed by atoms with van der Waals surface area (Å²) in [5, 5.41) is 2.69. The highest BCUT2D eigenvalue weighted by molar-refractivity contribution is 5.67. The molecule has 0 atom stereocenters. The molecule has 1 aliphatic rings. The third kappa shape index (κ3) is 5.18. The number of anilines is 1. The smallest absolute Gasteiger partial charge is 0.407 e. The van der Waals surface area contributed by atoms with E-state index in [0.29, 0.717) is 25.7 Å². The van der Waals surface area contributed by atoms with Gasteiger partial charge in [0.2, 0.25) is 5.95 Å². The van der Waals surface area contributed by atoms with E-state index in [2.05, 4.69) is 20.2 Å². The highest BCUT2D eigenvalue weighted by Crippen LogP contribution is 2.10. The summed E-state index contributed by atoms with van der Waals surface area (Å²) in [7, 11) is 0. The van der Waals surface area contributed by atoms with Crippen molar-refractivity contribution < 1.29 is 14.3 Å². The Kier molecular flexibility index (Phi) is 4.95. The minimum Gasteiger partial charge on any atom is -0.444 e. The van der Waals surface area contributed by atoms with Crippen LogP contribution in [0, 0.1) is 0 Å². The highest BCUT2D eigenvalue weighted by Gasteiger charge is 2.17. The van der Waals surface area contributed by atoms with Gasteiger partial charge >= 0.3 is 6.09 Å². The molecule has 0 radical (unpaired) electrons. The van der Waals surface area contributed by atoms with Crippen LogP contribution in [0.2, 0.25) is 0 Å². The normalized spacial score (nSPS) is 15.7. The molecule has 2 heterocycles. The van der Waals surface area contributed by atoms with Crippen LogP contribution < -0.4 is 10.2 Å². The van der Waals surface area contributed by atoms with Crippen LogP contribution in [0.4, 0.5) is 10.7 Å². The number of nitrogens with one attached hydrogen (secondary N) is 1. The van der Waals surface area contributed by atoms with E-state index < -0.39 is 11.7 Å². The largest absolute Gasteiger partial charge is 0.444 e. The predicted octanol–water partition coefficient (Wildman–Crippen LogP) is 1.34. The van der Waals surface area contributed by atoms with Crippen LogP contribution in [0.25, 0.3) is 0 Å². The summed E-state index contributed by atoms with van der Waals surface area (Å²) in [6.45, 7) is 8.73. The maximum Gasteiger partial charge on any atom is 0.407 e. The Balaban J connectivity index is 1.90. The molecule has 1 saturated heterocycles. The lowest BCUT2D eigenvalue weighted by Crippen LogP contribution is -2.37. The Bertz CT molecular complexity index is 481. The molecule has 1 aliphatic heterocycles. The van der Waals surface area contributed by atoms with Crippen LogP contribution in [0.1, 0.15) is 26.5 Å². The first kappa shape index (κ1) is 15.5. The number of hydrogen-bond acceptors (Lipinski definition) is 6. The molecular weight excluding hydrogens is 272 g/mol. The van der Waals surface area contributed by atoms with E-state index in [9.17, 15) is 4.79 Å². The van der Waals surface area contributed by atoms with Gasteiger partial charge in [0.25, 0.3) is 0 Å². The Morgan fingerprint density at radius 2 is 2.14 bits per heavy atom. The Labute approximate surface area is 124 Å².